The van der Waals surface area contributed by atoms with Crippen LogP contribution in [0.25, 0.3) is 0 Å². The van der Waals surface area contributed by atoms with Crippen molar-refractivity contribution < 1.29 is 24.6 Å². The molecular weight excluding hydrogens is 314 g/mol. The smallest absolute Gasteiger partial charge is 0.247 e. The van der Waals surface area contributed by atoms with Crippen LogP contribution in [-0.2, 0) is 14.4 Å². The van der Waals surface area contributed by atoms with Crippen LogP contribution in [0.5, 0.6) is 0 Å². The first kappa shape index (κ1) is 20.1. The summed E-state index contributed by atoms with van der Waals surface area (Å²) in [5, 5.41) is 25.1. The van der Waals surface area contributed by atoms with E-state index >= 15 is 0 Å². The van der Waals surface area contributed by atoms with Crippen LogP contribution in [-0.4, -0.2) is 52.7 Å². The lowest BCUT2D eigenvalue weighted by Gasteiger charge is -2.31. The summed E-state index contributed by atoms with van der Waals surface area (Å²) in [4.78, 5) is 34.7. The minimum Gasteiger partial charge on any atom is -0.390 e. The van der Waals surface area contributed by atoms with Crippen LogP contribution in [0.15, 0.2) is 11.6 Å². The molecule has 6 N–H and O–H groups in total. The van der Waals surface area contributed by atoms with E-state index in [0.29, 0.717) is 0 Å². The third-order valence-electron chi connectivity index (χ3n) is 3.54. The fourth-order valence-electron chi connectivity index (χ4n) is 2.40. The van der Waals surface area contributed by atoms with Crippen molar-refractivity contribution in [2.75, 3.05) is 6.54 Å². The minimum absolute atomic E-state index is 0.00987. The molecule has 1 aliphatic carbocycles. The molecule has 0 heterocycles. The van der Waals surface area contributed by atoms with Crippen molar-refractivity contribution >= 4 is 17.7 Å². The molecule has 0 saturated heterocycles. The molecule has 1 rings (SSSR count). The lowest BCUT2D eigenvalue weighted by Crippen LogP contribution is -2.51. The van der Waals surface area contributed by atoms with E-state index < -0.39 is 30.1 Å². The number of hydrogen-bond acceptors (Lipinski definition) is 5. The van der Waals surface area contributed by atoms with Gasteiger partial charge in [-0.05, 0) is 5.41 Å². The number of nitrogens with two attached hydrogens (primary N) is 1. The maximum absolute atomic E-state index is 12.1. The molecule has 0 aromatic heterocycles. The second kappa shape index (κ2) is 8.25. The minimum atomic E-state index is -1.18. The third-order valence-corrected chi connectivity index (χ3v) is 3.54. The summed E-state index contributed by atoms with van der Waals surface area (Å²) < 4.78 is 0. The molecular formula is C16H27N3O5. The molecule has 0 aromatic rings. The van der Waals surface area contributed by atoms with Gasteiger partial charge in [0.05, 0.1) is 12.1 Å². The van der Waals surface area contributed by atoms with Gasteiger partial charge in [0.15, 0.2) is 0 Å². The first-order chi connectivity index (χ1) is 11.0. The highest BCUT2D eigenvalue weighted by Gasteiger charge is 2.34. The summed E-state index contributed by atoms with van der Waals surface area (Å²) >= 11 is 0. The van der Waals surface area contributed by atoms with Gasteiger partial charge in [-0.15, -0.1) is 0 Å². The van der Waals surface area contributed by atoms with Crippen molar-refractivity contribution in [3.8, 4) is 0 Å². The van der Waals surface area contributed by atoms with E-state index in [2.05, 4.69) is 10.6 Å². The van der Waals surface area contributed by atoms with Gasteiger partial charge in [0.25, 0.3) is 0 Å². The zero-order valence-corrected chi connectivity index (χ0v) is 14.3. The molecule has 0 aromatic carbocycles. The van der Waals surface area contributed by atoms with Crippen molar-refractivity contribution in [3.05, 3.63) is 11.6 Å². The molecule has 0 unspecified atom stereocenters. The van der Waals surface area contributed by atoms with E-state index in [1.54, 1.807) is 0 Å². The number of hydrogen-bond donors (Lipinski definition) is 5. The van der Waals surface area contributed by atoms with Gasteiger partial charge in [0.1, 0.15) is 6.10 Å². The number of primary amides is 1. The Morgan fingerprint density at radius 2 is 1.92 bits per heavy atom. The monoisotopic (exact) mass is 341 g/mol. The summed E-state index contributed by atoms with van der Waals surface area (Å²) in [6.07, 6.45) is -0.675. The Balaban J connectivity index is 2.74. The van der Waals surface area contributed by atoms with Crippen molar-refractivity contribution in [1.29, 1.82) is 0 Å². The largest absolute Gasteiger partial charge is 0.390 e. The summed E-state index contributed by atoms with van der Waals surface area (Å²) in [6, 6.07) is -0.847. The Labute approximate surface area is 141 Å². The predicted octanol–water partition coefficient (Wildman–Crippen LogP) is -1.05. The predicted molar refractivity (Wildman–Crippen MR) is 87.5 cm³/mol. The van der Waals surface area contributed by atoms with Crippen molar-refractivity contribution in [2.45, 2.75) is 58.3 Å². The highest BCUT2D eigenvalue weighted by atomic mass is 16.3. The lowest BCUT2D eigenvalue weighted by atomic mass is 9.88. The fraction of sp³-hybridized carbons (Fsp3) is 0.688. The van der Waals surface area contributed by atoms with Crippen LogP contribution in [0.3, 0.4) is 0 Å². The molecule has 0 spiro atoms. The zero-order chi connectivity index (χ0) is 18.5. The molecule has 0 saturated carbocycles. The second-order valence-corrected chi connectivity index (χ2v) is 7.26. The van der Waals surface area contributed by atoms with E-state index in [4.69, 9.17) is 5.73 Å². The molecule has 0 fully saturated rings. The van der Waals surface area contributed by atoms with Crippen molar-refractivity contribution in [3.63, 3.8) is 0 Å². The number of aliphatic hydroxyl groups excluding tert-OH is 2. The normalized spacial score (nSPS) is 24.0. The van der Waals surface area contributed by atoms with Crippen molar-refractivity contribution in [1.82, 2.24) is 10.6 Å². The summed E-state index contributed by atoms with van der Waals surface area (Å²) in [5.74, 6) is -1.27. The van der Waals surface area contributed by atoms with E-state index in [-0.39, 0.29) is 42.7 Å². The zero-order valence-electron chi connectivity index (χ0n) is 14.3. The molecule has 1 aliphatic rings. The fourth-order valence-corrected chi connectivity index (χ4v) is 2.40. The van der Waals surface area contributed by atoms with Gasteiger partial charge < -0.3 is 26.6 Å². The first-order valence-electron chi connectivity index (χ1n) is 7.92. The number of carbonyl (C=O) groups is 3. The van der Waals surface area contributed by atoms with Gasteiger partial charge in [0.2, 0.25) is 17.7 Å². The third kappa shape index (κ3) is 6.67. The Morgan fingerprint density at radius 3 is 2.46 bits per heavy atom. The average Bonchev–Trinajstić information content (AvgIpc) is 2.40. The van der Waals surface area contributed by atoms with Crippen LogP contribution in [0, 0.1) is 5.41 Å². The van der Waals surface area contributed by atoms with Crippen LogP contribution >= 0.6 is 0 Å². The van der Waals surface area contributed by atoms with E-state index in [9.17, 15) is 24.6 Å². The maximum Gasteiger partial charge on any atom is 0.247 e. The summed E-state index contributed by atoms with van der Waals surface area (Å²) in [5.41, 5.74) is 5.03. The quantitative estimate of drug-likeness (QED) is 0.419. The van der Waals surface area contributed by atoms with Gasteiger partial charge in [-0.3, -0.25) is 14.4 Å². The van der Waals surface area contributed by atoms with E-state index in [0.717, 1.165) is 0 Å². The Bertz CT molecular complexity index is 524. The maximum atomic E-state index is 12.1. The van der Waals surface area contributed by atoms with E-state index in [1.165, 1.54) is 6.08 Å². The Hall–Kier alpha value is -1.93. The first-order valence-corrected chi connectivity index (χ1v) is 7.92. The Morgan fingerprint density at radius 1 is 1.29 bits per heavy atom. The van der Waals surface area contributed by atoms with Crippen LogP contribution in [0.1, 0.15) is 40.0 Å². The number of carbonyl (C=O) groups excluding carboxylic acids is 3. The van der Waals surface area contributed by atoms with Crippen molar-refractivity contribution in [2.24, 2.45) is 11.1 Å². The topological polar surface area (TPSA) is 142 Å². The molecule has 3 atom stereocenters. The van der Waals surface area contributed by atoms with Crippen LogP contribution in [0.4, 0.5) is 0 Å². The number of rotatable bonds is 6. The summed E-state index contributed by atoms with van der Waals surface area (Å²) in [6.45, 7) is 5.82. The molecule has 24 heavy (non-hydrogen) atoms. The Kier molecular flexibility index (Phi) is 6.92. The second-order valence-electron chi connectivity index (χ2n) is 7.26. The number of aliphatic hydroxyl groups is 2. The molecule has 0 bridgehead atoms. The van der Waals surface area contributed by atoms with Gasteiger partial charge in [0, 0.05) is 31.4 Å². The van der Waals surface area contributed by atoms with Crippen LogP contribution < -0.4 is 16.4 Å². The molecule has 3 amide bonds. The van der Waals surface area contributed by atoms with Gasteiger partial charge in [-0.25, -0.2) is 0 Å². The molecule has 0 aliphatic heterocycles. The highest BCUT2D eigenvalue weighted by Crippen LogP contribution is 2.22. The SMILES string of the molecule is CC(C)(C)CC(=O)N[C@@H]1C=C(C(=O)NCCC(N)=O)C[C@@H](O)[C@@H]1O. The number of amides is 3. The standard InChI is InChI=1S/C16H27N3O5/c1-16(2,3)8-13(22)19-10-6-9(7-11(20)14(10)23)15(24)18-5-4-12(17)21/h6,10-11,14,20,23H,4-5,7-8H2,1-3H3,(H2,17,21)(H,18,24)(H,19,22)/t10-,11-,14-/m1/s1. The average molecular weight is 341 g/mol. The highest BCUT2D eigenvalue weighted by molar-refractivity contribution is 5.94. The number of nitrogens with one attached hydrogen (secondary N) is 2. The van der Waals surface area contributed by atoms with E-state index in [1.807, 2.05) is 20.8 Å². The van der Waals surface area contributed by atoms with Gasteiger partial charge in [-0.2, -0.15) is 0 Å². The molecule has 8 heteroatoms. The van der Waals surface area contributed by atoms with Gasteiger partial charge >= 0.3 is 0 Å². The summed E-state index contributed by atoms with van der Waals surface area (Å²) in [7, 11) is 0. The van der Waals surface area contributed by atoms with Crippen LogP contribution in [0.2, 0.25) is 0 Å². The van der Waals surface area contributed by atoms with Gasteiger partial charge in [-0.1, -0.05) is 26.8 Å². The lowest BCUT2D eigenvalue weighted by molar-refractivity contribution is -0.125. The molecule has 136 valence electrons. The molecule has 0 radical (unpaired) electrons. The molecule has 8 nitrogen and oxygen atoms in total.